The van der Waals surface area contributed by atoms with Gasteiger partial charge in [-0.15, -0.1) is 0 Å². The van der Waals surface area contributed by atoms with Crippen LogP contribution in [0.25, 0.3) is 0 Å². The van der Waals surface area contributed by atoms with Gasteiger partial charge in [0.25, 0.3) is 0 Å². The molecule has 1 aromatic carbocycles. The summed E-state index contributed by atoms with van der Waals surface area (Å²) >= 11 is 0. The van der Waals surface area contributed by atoms with Crippen molar-refractivity contribution in [1.29, 1.82) is 0 Å². The second-order valence-corrected chi connectivity index (χ2v) is 5.34. The molecule has 1 N–H and O–H groups in total. The first-order chi connectivity index (χ1) is 10.4. The number of hydrogen-bond donors (Lipinski definition) is 1. The van der Waals surface area contributed by atoms with Crippen LogP contribution in [0.4, 0.5) is 0 Å². The van der Waals surface area contributed by atoms with Crippen LogP contribution in [0.5, 0.6) is 11.5 Å². The van der Waals surface area contributed by atoms with E-state index >= 15 is 0 Å². The number of nitrogens with one attached hydrogen (secondary N) is 1. The zero-order chi connectivity index (χ0) is 14.8. The molecule has 1 aliphatic rings. The molecular formula is C17H27NO3. The molecule has 0 spiro atoms. The minimum atomic E-state index is 0.384. The maximum absolute atomic E-state index is 5.80. The fraction of sp³-hybridized carbons (Fsp3) is 0.647. The van der Waals surface area contributed by atoms with Crippen molar-refractivity contribution in [1.82, 2.24) is 5.32 Å². The van der Waals surface area contributed by atoms with Crippen LogP contribution < -0.4 is 14.8 Å². The molecule has 0 amide bonds. The van der Waals surface area contributed by atoms with Gasteiger partial charge in [0.05, 0.1) is 12.7 Å². The maximum Gasteiger partial charge on any atom is 0.161 e. The predicted molar refractivity (Wildman–Crippen MR) is 84.2 cm³/mol. The van der Waals surface area contributed by atoms with Crippen molar-refractivity contribution in [3.05, 3.63) is 24.3 Å². The lowest BCUT2D eigenvalue weighted by molar-refractivity contribution is 0.109. The van der Waals surface area contributed by atoms with Crippen LogP contribution in [0.1, 0.15) is 32.6 Å². The fourth-order valence-corrected chi connectivity index (χ4v) is 2.32. The lowest BCUT2D eigenvalue weighted by Crippen LogP contribution is -2.29. The third-order valence-electron chi connectivity index (χ3n) is 3.54. The monoisotopic (exact) mass is 293 g/mol. The first-order valence-electron chi connectivity index (χ1n) is 8.07. The van der Waals surface area contributed by atoms with E-state index in [1.165, 1.54) is 12.8 Å². The van der Waals surface area contributed by atoms with Crippen LogP contribution in [0.2, 0.25) is 0 Å². The Labute approximate surface area is 127 Å². The summed E-state index contributed by atoms with van der Waals surface area (Å²) in [6.07, 6.45) is 4.94. The van der Waals surface area contributed by atoms with E-state index in [1.54, 1.807) is 0 Å². The van der Waals surface area contributed by atoms with Gasteiger partial charge in [-0.05, 0) is 31.4 Å². The third-order valence-corrected chi connectivity index (χ3v) is 3.54. The molecule has 1 fully saturated rings. The number of benzene rings is 1. The average molecular weight is 293 g/mol. The smallest absolute Gasteiger partial charge is 0.161 e. The van der Waals surface area contributed by atoms with Gasteiger partial charge in [-0.25, -0.2) is 0 Å². The molecule has 21 heavy (non-hydrogen) atoms. The van der Waals surface area contributed by atoms with Gasteiger partial charge in [0, 0.05) is 19.7 Å². The summed E-state index contributed by atoms with van der Waals surface area (Å²) in [5.74, 6) is 1.66. The van der Waals surface area contributed by atoms with Crippen molar-refractivity contribution >= 4 is 0 Å². The molecule has 0 bridgehead atoms. The molecule has 118 valence electrons. The first kappa shape index (κ1) is 16.1. The van der Waals surface area contributed by atoms with Crippen LogP contribution in [0.3, 0.4) is 0 Å². The number of unbranched alkanes of at least 4 members (excludes halogenated alkanes) is 1. The van der Waals surface area contributed by atoms with Crippen LogP contribution in [-0.2, 0) is 4.74 Å². The zero-order valence-electron chi connectivity index (χ0n) is 13.0. The second-order valence-electron chi connectivity index (χ2n) is 5.34. The Morgan fingerprint density at radius 1 is 1.19 bits per heavy atom. The molecule has 4 heteroatoms. The molecule has 1 aromatic rings. The first-order valence-corrected chi connectivity index (χ1v) is 8.07. The normalized spacial score (nSPS) is 17.9. The van der Waals surface area contributed by atoms with Gasteiger partial charge in [-0.3, -0.25) is 0 Å². The van der Waals surface area contributed by atoms with Crippen molar-refractivity contribution in [3.63, 3.8) is 0 Å². The molecular weight excluding hydrogens is 266 g/mol. The van der Waals surface area contributed by atoms with Crippen LogP contribution in [0, 0.1) is 0 Å². The number of para-hydroxylation sites is 2. The van der Waals surface area contributed by atoms with Crippen molar-refractivity contribution in [2.75, 3.05) is 32.9 Å². The summed E-state index contributed by atoms with van der Waals surface area (Å²) < 4.78 is 17.1. The molecule has 0 aromatic heterocycles. The molecule has 4 nitrogen and oxygen atoms in total. The predicted octanol–water partition coefficient (Wildman–Crippen LogP) is 3.01. The molecule has 2 rings (SSSR count). The van der Waals surface area contributed by atoms with E-state index in [1.807, 2.05) is 24.3 Å². The Morgan fingerprint density at radius 3 is 2.62 bits per heavy atom. The number of rotatable bonds is 10. The minimum absolute atomic E-state index is 0.384. The third kappa shape index (κ3) is 5.94. The van der Waals surface area contributed by atoms with Crippen molar-refractivity contribution < 1.29 is 14.2 Å². The molecule has 1 aliphatic heterocycles. The maximum atomic E-state index is 5.80. The lowest BCUT2D eigenvalue weighted by atomic mass is 10.2. The number of ether oxygens (including phenoxy) is 3. The van der Waals surface area contributed by atoms with E-state index in [9.17, 15) is 0 Å². The van der Waals surface area contributed by atoms with Gasteiger partial charge in [0.2, 0.25) is 0 Å². The Balaban J connectivity index is 1.64. The highest BCUT2D eigenvalue weighted by Gasteiger charge is 2.14. The highest BCUT2D eigenvalue weighted by atomic mass is 16.5. The molecule has 1 atom stereocenters. The van der Waals surface area contributed by atoms with Gasteiger partial charge >= 0.3 is 0 Å². The van der Waals surface area contributed by atoms with Gasteiger partial charge in [-0.1, -0.05) is 25.5 Å². The zero-order valence-corrected chi connectivity index (χ0v) is 13.0. The van der Waals surface area contributed by atoms with E-state index in [2.05, 4.69) is 12.2 Å². The summed E-state index contributed by atoms with van der Waals surface area (Å²) in [6, 6.07) is 7.87. The van der Waals surface area contributed by atoms with Crippen molar-refractivity contribution in [2.45, 2.75) is 38.7 Å². The van der Waals surface area contributed by atoms with Crippen molar-refractivity contribution in [3.8, 4) is 11.5 Å². The highest BCUT2D eigenvalue weighted by molar-refractivity contribution is 5.39. The lowest BCUT2D eigenvalue weighted by Gasteiger charge is -2.14. The Morgan fingerprint density at radius 2 is 1.95 bits per heavy atom. The van der Waals surface area contributed by atoms with Gasteiger partial charge in [-0.2, -0.15) is 0 Å². The summed E-state index contributed by atoms with van der Waals surface area (Å²) in [4.78, 5) is 0. The van der Waals surface area contributed by atoms with Crippen LogP contribution in [0.15, 0.2) is 24.3 Å². The highest BCUT2D eigenvalue weighted by Crippen LogP contribution is 2.26. The molecule has 0 saturated carbocycles. The molecule has 1 heterocycles. The second kappa shape index (κ2) is 9.64. The summed E-state index contributed by atoms with van der Waals surface area (Å²) in [7, 11) is 0. The molecule has 0 unspecified atom stereocenters. The Kier molecular flexibility index (Phi) is 7.39. The largest absolute Gasteiger partial charge is 0.490 e. The summed E-state index contributed by atoms with van der Waals surface area (Å²) in [5.41, 5.74) is 0. The summed E-state index contributed by atoms with van der Waals surface area (Å²) in [6.45, 7) is 6.19. The van der Waals surface area contributed by atoms with Crippen LogP contribution >= 0.6 is 0 Å². The Bertz CT molecular complexity index is 391. The van der Waals surface area contributed by atoms with E-state index in [4.69, 9.17) is 14.2 Å². The summed E-state index contributed by atoms with van der Waals surface area (Å²) in [5, 5.41) is 3.38. The molecule has 0 aliphatic carbocycles. The minimum Gasteiger partial charge on any atom is -0.490 e. The molecule has 1 saturated heterocycles. The van der Waals surface area contributed by atoms with Gasteiger partial charge < -0.3 is 19.5 Å². The quantitative estimate of drug-likeness (QED) is 0.673. The van der Waals surface area contributed by atoms with Gasteiger partial charge in [0.15, 0.2) is 11.5 Å². The van der Waals surface area contributed by atoms with E-state index in [0.29, 0.717) is 12.7 Å². The number of hydrogen-bond acceptors (Lipinski definition) is 4. The topological polar surface area (TPSA) is 39.7 Å². The van der Waals surface area contributed by atoms with E-state index in [-0.39, 0.29) is 0 Å². The van der Waals surface area contributed by atoms with Crippen LogP contribution in [-0.4, -0.2) is 39.0 Å². The standard InChI is InChI=1S/C17H27NO3/c1-2-3-11-20-16-8-4-5-9-17(16)21-13-10-18-14-15-7-6-12-19-15/h4-5,8-9,15,18H,2-3,6-7,10-14H2,1H3/t15-/m1/s1. The Hall–Kier alpha value is -1.26. The average Bonchev–Trinajstić information content (AvgIpc) is 3.02. The fourth-order valence-electron chi connectivity index (χ4n) is 2.32. The van der Waals surface area contributed by atoms with E-state index in [0.717, 1.165) is 50.6 Å². The molecule has 0 radical (unpaired) electrons. The van der Waals surface area contributed by atoms with E-state index < -0.39 is 0 Å². The van der Waals surface area contributed by atoms with Crippen molar-refractivity contribution in [2.24, 2.45) is 0 Å². The van der Waals surface area contributed by atoms with Gasteiger partial charge in [0.1, 0.15) is 6.61 Å². The SMILES string of the molecule is CCCCOc1ccccc1OCCNC[C@H]1CCCO1.